The minimum atomic E-state index is -0.379. The minimum Gasteiger partial charge on any atom is -0.493 e. The Morgan fingerprint density at radius 3 is 2.50 bits per heavy atom. The van der Waals surface area contributed by atoms with Crippen molar-refractivity contribution in [2.24, 2.45) is 29.6 Å². The first-order valence-corrected chi connectivity index (χ1v) is 17.0. The molecule has 2 N–H and O–H groups in total. The zero-order valence-corrected chi connectivity index (χ0v) is 26.7. The molecule has 7 atom stereocenters. The molecule has 8 rings (SSSR count). The summed E-state index contributed by atoms with van der Waals surface area (Å²) in [7, 11) is 1.56. The van der Waals surface area contributed by atoms with E-state index < -0.39 is 0 Å². The predicted octanol–water partition coefficient (Wildman–Crippen LogP) is 5.45. The first-order chi connectivity index (χ1) is 22.3. The normalized spacial score (nSPS) is 27.3. The van der Waals surface area contributed by atoms with E-state index in [4.69, 9.17) is 9.47 Å². The molecule has 234 valence electrons. The number of amides is 3. The van der Waals surface area contributed by atoms with Gasteiger partial charge in [0.1, 0.15) is 0 Å². The molecular weight excluding hydrogens is 623 g/mol. The van der Waals surface area contributed by atoms with Crippen LogP contribution < -0.4 is 24.6 Å². The van der Waals surface area contributed by atoms with Crippen molar-refractivity contribution in [2.45, 2.75) is 29.5 Å². The summed E-state index contributed by atoms with van der Waals surface area (Å²) in [6, 6.07) is 22.4. The van der Waals surface area contributed by atoms with E-state index in [1.165, 1.54) is 16.2 Å². The maximum absolute atomic E-state index is 13.9. The molecule has 11 heteroatoms. The van der Waals surface area contributed by atoms with E-state index in [1.54, 1.807) is 24.9 Å². The second-order valence-electron chi connectivity index (χ2n) is 12.4. The first kappa shape index (κ1) is 29.1. The van der Waals surface area contributed by atoms with E-state index in [0.717, 1.165) is 27.5 Å². The third-order valence-electron chi connectivity index (χ3n) is 9.95. The van der Waals surface area contributed by atoms with Crippen LogP contribution in [0.2, 0.25) is 0 Å². The molecule has 1 saturated heterocycles. The molecule has 9 nitrogen and oxygen atoms in total. The maximum Gasteiger partial charge on any atom is 0.305 e. The van der Waals surface area contributed by atoms with Crippen LogP contribution in [0.25, 0.3) is 0 Å². The first-order valence-electron chi connectivity index (χ1n) is 15.3. The van der Waals surface area contributed by atoms with Crippen molar-refractivity contribution in [1.82, 2.24) is 4.98 Å². The number of thiazole rings is 1. The standard InChI is InChI=1S/C35H31N3O6S2/c1-17-7-6-8-19(13-17)36-25(39)16-44-23-12-11-18(14-24(23)43-2)26-27-21-15-22(30(27)45-32-31(26)46-35(42)37-32)29-28(21)33(40)38(34(29)41)20-9-4-3-5-10-20/h3-14,21-22,26-30H,15-16H2,1-2H3,(H,36,39)(H,37,42)/t21-,22-,26+,27-,28+,29+,30-/m1/s1. The van der Waals surface area contributed by atoms with E-state index in [1.807, 2.05) is 73.7 Å². The van der Waals surface area contributed by atoms with Crippen molar-refractivity contribution in [2.75, 3.05) is 23.9 Å². The molecule has 2 aliphatic heterocycles. The van der Waals surface area contributed by atoms with Gasteiger partial charge in [-0.2, -0.15) is 0 Å². The number of H-pyrrole nitrogens is 1. The van der Waals surface area contributed by atoms with Gasteiger partial charge in [-0.15, -0.1) is 11.8 Å². The number of rotatable bonds is 7. The SMILES string of the molecule is COc1cc([C@@H]2c3sc(=O)[nH]c3S[C@@H]3[C@@H]4C[C@@H]([C@@H]5C(=O)N(c6ccccc6)C(=O)[C@@H]45)[C@H]23)ccc1OCC(=O)Nc1cccc(C)c1. The number of fused-ring (bicyclic) bond motifs is 9. The molecule has 3 amide bonds. The average Bonchev–Trinajstić information content (AvgIpc) is 3.79. The van der Waals surface area contributed by atoms with E-state index in [2.05, 4.69) is 10.3 Å². The van der Waals surface area contributed by atoms with Crippen molar-refractivity contribution < 1.29 is 23.9 Å². The fourth-order valence-corrected chi connectivity index (χ4v) is 11.2. The highest BCUT2D eigenvalue weighted by atomic mass is 32.2. The van der Waals surface area contributed by atoms with Gasteiger partial charge in [-0.05, 0) is 78.6 Å². The van der Waals surface area contributed by atoms with Crippen molar-refractivity contribution in [1.29, 1.82) is 0 Å². The van der Waals surface area contributed by atoms with Crippen molar-refractivity contribution >= 4 is 52.2 Å². The van der Waals surface area contributed by atoms with E-state index in [9.17, 15) is 19.2 Å². The Hall–Kier alpha value is -4.35. The summed E-state index contributed by atoms with van der Waals surface area (Å²) in [5, 5.41) is 3.77. The summed E-state index contributed by atoms with van der Waals surface area (Å²) in [6.45, 7) is 1.76. The third-order valence-corrected chi connectivity index (χ3v) is 12.5. The number of para-hydroxylation sites is 1. The number of methoxy groups -OCH3 is 1. The third kappa shape index (κ3) is 4.59. The summed E-state index contributed by atoms with van der Waals surface area (Å²) < 4.78 is 11.6. The number of aromatic nitrogens is 1. The number of hydrogen-bond acceptors (Lipinski definition) is 8. The highest BCUT2D eigenvalue weighted by molar-refractivity contribution is 8.00. The van der Waals surface area contributed by atoms with Crippen LogP contribution in [0.4, 0.5) is 11.4 Å². The van der Waals surface area contributed by atoms with E-state index in [-0.39, 0.29) is 70.0 Å². The zero-order valence-electron chi connectivity index (χ0n) is 25.1. The molecule has 4 aromatic rings. The molecule has 1 aromatic heterocycles. The summed E-state index contributed by atoms with van der Waals surface area (Å²) >= 11 is 2.87. The van der Waals surface area contributed by atoms with Crippen LogP contribution in [0.1, 0.15) is 28.3 Å². The van der Waals surface area contributed by atoms with Gasteiger partial charge in [0.2, 0.25) is 11.8 Å². The number of benzene rings is 3. The summed E-state index contributed by atoms with van der Waals surface area (Å²) in [4.78, 5) is 58.3. The number of hydrogen-bond donors (Lipinski definition) is 2. The Morgan fingerprint density at radius 1 is 0.957 bits per heavy atom. The van der Waals surface area contributed by atoms with Crippen LogP contribution >= 0.6 is 23.1 Å². The number of imide groups is 1. The molecule has 3 fully saturated rings. The van der Waals surface area contributed by atoms with Gasteiger partial charge in [0.05, 0.1) is 29.7 Å². The molecule has 4 aliphatic rings. The number of carbonyl (C=O) groups excluding carboxylic acids is 3. The number of nitrogens with one attached hydrogen (secondary N) is 2. The molecule has 0 radical (unpaired) electrons. The summed E-state index contributed by atoms with van der Waals surface area (Å²) in [5.74, 6) is -0.417. The Kier molecular flexibility index (Phi) is 7.06. The monoisotopic (exact) mass is 653 g/mol. The Morgan fingerprint density at radius 2 is 1.74 bits per heavy atom. The van der Waals surface area contributed by atoms with Crippen molar-refractivity contribution in [3.05, 3.63) is 98.5 Å². The second-order valence-corrected chi connectivity index (χ2v) is 14.6. The molecule has 2 aliphatic carbocycles. The Labute approximate surface area is 273 Å². The molecule has 2 saturated carbocycles. The maximum atomic E-state index is 13.9. The quantitative estimate of drug-likeness (QED) is 0.255. The number of ether oxygens (including phenoxy) is 2. The summed E-state index contributed by atoms with van der Waals surface area (Å²) in [6.07, 6.45) is 0.807. The second kappa shape index (κ2) is 11.2. The van der Waals surface area contributed by atoms with Gasteiger partial charge in [0.15, 0.2) is 18.1 Å². The molecule has 3 heterocycles. The number of nitrogens with zero attached hydrogens (tertiary/aromatic N) is 1. The van der Waals surface area contributed by atoms with Gasteiger partial charge in [0.25, 0.3) is 5.91 Å². The van der Waals surface area contributed by atoms with Crippen molar-refractivity contribution in [3.8, 4) is 11.5 Å². The van der Waals surface area contributed by atoms with Gasteiger partial charge in [-0.3, -0.25) is 24.1 Å². The molecular formula is C35H31N3O6S2. The van der Waals surface area contributed by atoms with Gasteiger partial charge in [-0.1, -0.05) is 47.7 Å². The highest BCUT2D eigenvalue weighted by Gasteiger charge is 2.69. The topological polar surface area (TPSA) is 118 Å². The lowest BCUT2D eigenvalue weighted by Gasteiger charge is -2.43. The van der Waals surface area contributed by atoms with Crippen LogP contribution in [0.5, 0.6) is 11.5 Å². The Balaban J connectivity index is 1.09. The lowest BCUT2D eigenvalue weighted by molar-refractivity contribution is -0.123. The number of thioether (sulfide) groups is 1. The van der Waals surface area contributed by atoms with Crippen LogP contribution in [0.3, 0.4) is 0 Å². The van der Waals surface area contributed by atoms with Crippen LogP contribution in [-0.2, 0) is 14.4 Å². The smallest absolute Gasteiger partial charge is 0.305 e. The molecule has 2 bridgehead atoms. The summed E-state index contributed by atoms with van der Waals surface area (Å²) in [5.41, 5.74) is 3.30. The van der Waals surface area contributed by atoms with E-state index >= 15 is 0 Å². The molecule has 46 heavy (non-hydrogen) atoms. The fourth-order valence-electron chi connectivity index (χ4n) is 8.28. The van der Waals surface area contributed by atoms with E-state index in [0.29, 0.717) is 22.9 Å². The number of anilines is 2. The largest absolute Gasteiger partial charge is 0.493 e. The number of carbonyl (C=O) groups is 3. The lowest BCUT2D eigenvalue weighted by Crippen LogP contribution is -2.42. The van der Waals surface area contributed by atoms with Crippen LogP contribution in [-0.4, -0.2) is 41.7 Å². The van der Waals surface area contributed by atoms with Gasteiger partial charge in [-0.25, -0.2) is 0 Å². The number of aromatic amines is 1. The van der Waals surface area contributed by atoms with Crippen LogP contribution in [0, 0.1) is 36.5 Å². The molecule has 3 aromatic carbocycles. The number of aryl methyl sites for hydroxylation is 1. The lowest BCUT2D eigenvalue weighted by atomic mass is 9.68. The average molecular weight is 654 g/mol. The molecule has 0 unspecified atom stereocenters. The zero-order chi connectivity index (χ0) is 31.7. The van der Waals surface area contributed by atoms with Crippen LogP contribution in [0.15, 0.2) is 82.6 Å². The molecule has 0 spiro atoms. The minimum absolute atomic E-state index is 0.000236. The van der Waals surface area contributed by atoms with Gasteiger partial charge in [0, 0.05) is 21.7 Å². The van der Waals surface area contributed by atoms with Gasteiger partial charge >= 0.3 is 4.87 Å². The van der Waals surface area contributed by atoms with Gasteiger partial charge < -0.3 is 19.8 Å². The highest BCUT2D eigenvalue weighted by Crippen LogP contribution is 2.68. The predicted molar refractivity (Wildman–Crippen MR) is 176 cm³/mol. The Bertz CT molecular complexity index is 1940. The van der Waals surface area contributed by atoms with Crippen molar-refractivity contribution in [3.63, 3.8) is 0 Å². The fraction of sp³-hybridized carbons (Fsp3) is 0.314.